The normalized spacial score (nSPS) is 11.8. The predicted molar refractivity (Wildman–Crippen MR) is 71.2 cm³/mol. The van der Waals surface area contributed by atoms with E-state index in [-0.39, 0.29) is 11.7 Å². The monoisotopic (exact) mass is 266 g/mol. The van der Waals surface area contributed by atoms with E-state index in [1.54, 1.807) is 31.3 Å². The summed E-state index contributed by atoms with van der Waals surface area (Å²) in [6.45, 7) is 4.42. The highest BCUT2D eigenvalue weighted by molar-refractivity contribution is 7.88. The van der Waals surface area contributed by atoms with Crippen molar-refractivity contribution in [2.45, 2.75) is 19.6 Å². The molecule has 1 rings (SSSR count). The van der Waals surface area contributed by atoms with Crippen molar-refractivity contribution in [2.75, 3.05) is 13.6 Å². The number of nitriles is 1. The van der Waals surface area contributed by atoms with Crippen LogP contribution >= 0.6 is 0 Å². The first-order chi connectivity index (χ1) is 8.36. The van der Waals surface area contributed by atoms with Gasteiger partial charge in [-0.25, -0.2) is 12.7 Å². The lowest BCUT2D eigenvalue weighted by Gasteiger charge is -2.19. The summed E-state index contributed by atoms with van der Waals surface area (Å²) in [6, 6.07) is 8.80. The van der Waals surface area contributed by atoms with Crippen LogP contribution < -0.4 is 0 Å². The lowest BCUT2D eigenvalue weighted by molar-refractivity contribution is 0.416. The Morgan fingerprint density at radius 2 is 1.94 bits per heavy atom. The van der Waals surface area contributed by atoms with E-state index < -0.39 is 10.0 Å². The molecule has 0 spiro atoms. The van der Waals surface area contributed by atoms with Crippen LogP contribution in [0.1, 0.15) is 25.0 Å². The minimum absolute atomic E-state index is 0.125. The van der Waals surface area contributed by atoms with Gasteiger partial charge in [0.1, 0.15) is 0 Å². The van der Waals surface area contributed by atoms with Crippen LogP contribution in [-0.2, 0) is 15.8 Å². The number of sulfonamides is 1. The molecular formula is C13H18N2O2S. The van der Waals surface area contributed by atoms with Gasteiger partial charge >= 0.3 is 0 Å². The molecular weight excluding hydrogens is 248 g/mol. The largest absolute Gasteiger partial charge is 0.218 e. The highest BCUT2D eigenvalue weighted by atomic mass is 32.2. The number of nitrogens with zero attached hydrogens (tertiary/aromatic N) is 2. The Kier molecular flexibility index (Phi) is 4.88. The topological polar surface area (TPSA) is 61.2 Å². The summed E-state index contributed by atoms with van der Waals surface area (Å²) >= 11 is 0. The highest BCUT2D eigenvalue weighted by Crippen LogP contribution is 2.14. The van der Waals surface area contributed by atoms with E-state index in [0.29, 0.717) is 17.7 Å². The molecule has 18 heavy (non-hydrogen) atoms. The Balaban J connectivity index is 2.93. The van der Waals surface area contributed by atoms with Crippen LogP contribution in [0.5, 0.6) is 0 Å². The van der Waals surface area contributed by atoms with Gasteiger partial charge in [-0.1, -0.05) is 32.0 Å². The molecule has 4 nitrogen and oxygen atoms in total. The van der Waals surface area contributed by atoms with E-state index in [1.807, 2.05) is 19.9 Å². The van der Waals surface area contributed by atoms with Crippen molar-refractivity contribution in [3.05, 3.63) is 35.4 Å². The van der Waals surface area contributed by atoms with Crippen LogP contribution in [-0.4, -0.2) is 26.3 Å². The van der Waals surface area contributed by atoms with Gasteiger partial charge in [0.25, 0.3) is 0 Å². The minimum Gasteiger partial charge on any atom is -0.212 e. The molecule has 0 heterocycles. The molecule has 0 unspecified atom stereocenters. The molecule has 0 amide bonds. The average Bonchev–Trinajstić information content (AvgIpc) is 2.28. The zero-order valence-corrected chi connectivity index (χ0v) is 11.7. The van der Waals surface area contributed by atoms with Gasteiger partial charge in [-0.3, -0.25) is 0 Å². The van der Waals surface area contributed by atoms with Gasteiger partial charge < -0.3 is 0 Å². The maximum Gasteiger partial charge on any atom is 0.218 e. The Bertz CT molecular complexity index is 544. The fourth-order valence-corrected chi connectivity index (χ4v) is 3.08. The van der Waals surface area contributed by atoms with Crippen molar-refractivity contribution >= 4 is 10.0 Å². The number of rotatable bonds is 5. The molecule has 0 saturated carbocycles. The number of hydrogen-bond acceptors (Lipinski definition) is 3. The molecule has 5 heteroatoms. The van der Waals surface area contributed by atoms with Crippen molar-refractivity contribution in [3.63, 3.8) is 0 Å². The van der Waals surface area contributed by atoms with Crippen LogP contribution in [0.4, 0.5) is 0 Å². The quantitative estimate of drug-likeness (QED) is 0.818. The zero-order chi connectivity index (χ0) is 13.8. The maximum absolute atomic E-state index is 12.1. The molecule has 1 aromatic rings. The van der Waals surface area contributed by atoms with Crippen molar-refractivity contribution in [1.29, 1.82) is 5.26 Å². The van der Waals surface area contributed by atoms with E-state index in [2.05, 4.69) is 0 Å². The van der Waals surface area contributed by atoms with E-state index in [4.69, 9.17) is 5.26 Å². The molecule has 0 saturated heterocycles. The smallest absolute Gasteiger partial charge is 0.212 e. The average molecular weight is 266 g/mol. The van der Waals surface area contributed by atoms with Crippen molar-refractivity contribution in [3.8, 4) is 6.07 Å². The van der Waals surface area contributed by atoms with Crippen molar-refractivity contribution in [1.82, 2.24) is 4.31 Å². The first kappa shape index (κ1) is 14.7. The molecule has 0 aromatic heterocycles. The van der Waals surface area contributed by atoms with Gasteiger partial charge in [-0.15, -0.1) is 0 Å². The predicted octanol–water partition coefficient (Wildman–Crippen LogP) is 1.98. The zero-order valence-electron chi connectivity index (χ0n) is 10.9. The van der Waals surface area contributed by atoms with Crippen molar-refractivity contribution < 1.29 is 8.42 Å². The third-order valence-electron chi connectivity index (χ3n) is 2.57. The van der Waals surface area contributed by atoms with Gasteiger partial charge in [-0.05, 0) is 17.5 Å². The Morgan fingerprint density at radius 1 is 1.33 bits per heavy atom. The summed E-state index contributed by atoms with van der Waals surface area (Å²) in [5, 5.41) is 8.94. The summed E-state index contributed by atoms with van der Waals surface area (Å²) in [6.07, 6.45) is 0. The molecule has 0 aliphatic carbocycles. The molecule has 98 valence electrons. The van der Waals surface area contributed by atoms with Crippen LogP contribution in [0.15, 0.2) is 24.3 Å². The molecule has 0 atom stereocenters. The maximum atomic E-state index is 12.1. The standard InChI is InChI=1S/C13H18N2O2S/c1-11(2)9-15(3)18(16,17)10-13-7-5-4-6-12(13)8-14/h4-7,11H,9-10H2,1-3H3. The summed E-state index contributed by atoms with van der Waals surface area (Å²) in [5.74, 6) is 0.149. The molecule has 0 N–H and O–H groups in total. The SMILES string of the molecule is CC(C)CN(C)S(=O)(=O)Cc1ccccc1C#N. The summed E-state index contributed by atoms with van der Waals surface area (Å²) in [5.41, 5.74) is 0.967. The highest BCUT2D eigenvalue weighted by Gasteiger charge is 2.20. The van der Waals surface area contributed by atoms with Crippen molar-refractivity contribution in [2.24, 2.45) is 5.92 Å². The van der Waals surface area contributed by atoms with Gasteiger partial charge in [-0.2, -0.15) is 5.26 Å². The lowest BCUT2D eigenvalue weighted by atomic mass is 10.1. The van der Waals surface area contributed by atoms with Crippen LogP contribution in [0, 0.1) is 17.2 Å². The number of hydrogen-bond donors (Lipinski definition) is 0. The summed E-state index contributed by atoms with van der Waals surface area (Å²) < 4.78 is 25.6. The second kappa shape index (κ2) is 5.98. The second-order valence-electron chi connectivity index (χ2n) is 4.70. The summed E-state index contributed by atoms with van der Waals surface area (Å²) in [7, 11) is -1.79. The minimum atomic E-state index is -3.36. The van der Waals surface area contributed by atoms with Gasteiger partial charge in [0, 0.05) is 13.6 Å². The Morgan fingerprint density at radius 3 is 2.50 bits per heavy atom. The van der Waals surface area contributed by atoms with Crippen LogP contribution in [0.3, 0.4) is 0 Å². The van der Waals surface area contributed by atoms with Crippen LogP contribution in [0.2, 0.25) is 0 Å². The fourth-order valence-electron chi connectivity index (χ4n) is 1.69. The molecule has 1 aromatic carbocycles. The van der Waals surface area contributed by atoms with E-state index in [9.17, 15) is 8.42 Å². The van der Waals surface area contributed by atoms with E-state index in [0.717, 1.165) is 0 Å². The Labute approximate surface area is 109 Å². The molecule has 0 aliphatic heterocycles. The van der Waals surface area contributed by atoms with E-state index >= 15 is 0 Å². The molecule has 0 fully saturated rings. The third kappa shape index (κ3) is 3.83. The van der Waals surface area contributed by atoms with Gasteiger partial charge in [0.2, 0.25) is 10.0 Å². The van der Waals surface area contributed by atoms with Gasteiger partial charge in [0.15, 0.2) is 0 Å². The molecule has 0 radical (unpaired) electrons. The van der Waals surface area contributed by atoms with Crippen LogP contribution in [0.25, 0.3) is 0 Å². The second-order valence-corrected chi connectivity index (χ2v) is 6.78. The van der Waals surface area contributed by atoms with Gasteiger partial charge in [0.05, 0.1) is 17.4 Å². The molecule has 0 aliphatic rings. The Hall–Kier alpha value is -1.38. The lowest BCUT2D eigenvalue weighted by Crippen LogP contribution is -2.31. The first-order valence-corrected chi connectivity index (χ1v) is 7.39. The number of benzene rings is 1. The third-order valence-corrected chi connectivity index (χ3v) is 4.35. The molecule has 0 bridgehead atoms. The summed E-state index contributed by atoms with van der Waals surface area (Å²) in [4.78, 5) is 0. The first-order valence-electron chi connectivity index (χ1n) is 5.79. The fraction of sp³-hybridized carbons (Fsp3) is 0.462. The van der Waals surface area contributed by atoms with E-state index in [1.165, 1.54) is 4.31 Å².